The standard InChI is InChI=1S/C36H56O6/c1-4-6-7-8-9-13-18-28(3)36(40)42-34-27-33(38)31(26-25-30(37)24-23-29-19-14-12-15-20-29)32(34)21-16-10-11-17-22-35(39)41-5-2/h10,12,14-16,19-20,30-34,37-38H,3-9,11,13,17-18,21-27H2,1-2H3/b16-10-/t30-,31+,32+,33+,34-/m0/s1. The zero-order valence-corrected chi connectivity index (χ0v) is 26.2. The zero-order valence-electron chi connectivity index (χ0n) is 26.2. The Balaban J connectivity index is 1.92. The van der Waals surface area contributed by atoms with Gasteiger partial charge in [0.1, 0.15) is 6.10 Å². The highest BCUT2D eigenvalue weighted by Crippen LogP contribution is 2.40. The molecule has 1 aliphatic carbocycles. The highest BCUT2D eigenvalue weighted by Gasteiger charge is 2.43. The first kappa shape index (κ1) is 35.8. The van der Waals surface area contributed by atoms with E-state index in [0.717, 1.165) is 32.1 Å². The minimum atomic E-state index is -0.585. The summed E-state index contributed by atoms with van der Waals surface area (Å²) in [5.41, 5.74) is 1.71. The third kappa shape index (κ3) is 14.2. The molecule has 0 unspecified atom stereocenters. The number of aliphatic hydroxyl groups excluding tert-OH is 2. The Morgan fingerprint density at radius 2 is 1.71 bits per heavy atom. The van der Waals surface area contributed by atoms with Crippen molar-refractivity contribution in [1.29, 1.82) is 0 Å². The van der Waals surface area contributed by atoms with E-state index >= 15 is 0 Å². The second-order valence-electron chi connectivity index (χ2n) is 11.9. The van der Waals surface area contributed by atoms with Crippen molar-refractivity contribution in [1.82, 2.24) is 0 Å². The van der Waals surface area contributed by atoms with E-state index in [1.54, 1.807) is 6.92 Å². The molecule has 0 spiro atoms. The fourth-order valence-corrected chi connectivity index (χ4v) is 5.93. The quantitative estimate of drug-likeness (QED) is 0.0629. The number of carbonyl (C=O) groups is 2. The summed E-state index contributed by atoms with van der Waals surface area (Å²) in [6, 6.07) is 10.2. The Bertz CT molecular complexity index is 926. The maximum absolute atomic E-state index is 12.9. The van der Waals surface area contributed by atoms with Crippen molar-refractivity contribution in [3.8, 4) is 0 Å². The second kappa shape index (κ2) is 21.3. The van der Waals surface area contributed by atoms with E-state index < -0.39 is 12.2 Å². The largest absolute Gasteiger partial charge is 0.466 e. The van der Waals surface area contributed by atoms with Crippen LogP contribution in [0.25, 0.3) is 0 Å². The summed E-state index contributed by atoms with van der Waals surface area (Å²) in [7, 11) is 0. The number of ether oxygens (including phenoxy) is 2. The van der Waals surface area contributed by atoms with Crippen LogP contribution >= 0.6 is 0 Å². The summed E-state index contributed by atoms with van der Waals surface area (Å²) in [5, 5.41) is 21.7. The van der Waals surface area contributed by atoms with E-state index in [-0.39, 0.29) is 29.9 Å². The van der Waals surface area contributed by atoms with E-state index in [4.69, 9.17) is 9.47 Å². The molecule has 2 N–H and O–H groups in total. The first-order valence-corrected chi connectivity index (χ1v) is 16.4. The fraction of sp³-hybridized carbons (Fsp3) is 0.667. The van der Waals surface area contributed by atoms with Gasteiger partial charge in [-0.05, 0) is 76.2 Å². The summed E-state index contributed by atoms with van der Waals surface area (Å²) >= 11 is 0. The van der Waals surface area contributed by atoms with E-state index in [1.165, 1.54) is 31.2 Å². The molecule has 1 saturated carbocycles. The van der Waals surface area contributed by atoms with E-state index in [2.05, 4.69) is 37.8 Å². The van der Waals surface area contributed by atoms with Crippen molar-refractivity contribution in [2.45, 2.75) is 135 Å². The number of carbonyl (C=O) groups excluding carboxylic acids is 2. The van der Waals surface area contributed by atoms with Crippen LogP contribution in [0.1, 0.15) is 116 Å². The monoisotopic (exact) mass is 584 g/mol. The van der Waals surface area contributed by atoms with Crippen LogP contribution in [-0.2, 0) is 25.5 Å². The van der Waals surface area contributed by atoms with Crippen LogP contribution in [0, 0.1) is 11.8 Å². The second-order valence-corrected chi connectivity index (χ2v) is 11.9. The van der Waals surface area contributed by atoms with Crippen molar-refractivity contribution in [2.75, 3.05) is 6.61 Å². The van der Waals surface area contributed by atoms with Gasteiger partial charge in [-0.2, -0.15) is 0 Å². The first-order valence-electron chi connectivity index (χ1n) is 16.4. The molecule has 2 rings (SSSR count). The fourth-order valence-electron chi connectivity index (χ4n) is 5.93. The predicted molar refractivity (Wildman–Crippen MR) is 169 cm³/mol. The van der Waals surface area contributed by atoms with Gasteiger partial charge in [-0.1, -0.05) is 88.1 Å². The van der Waals surface area contributed by atoms with Crippen molar-refractivity contribution < 1.29 is 29.3 Å². The van der Waals surface area contributed by atoms with E-state index in [9.17, 15) is 19.8 Å². The van der Waals surface area contributed by atoms with Crippen LogP contribution in [0.5, 0.6) is 0 Å². The topological polar surface area (TPSA) is 93.1 Å². The Kier molecular flexibility index (Phi) is 18.1. The van der Waals surface area contributed by atoms with Crippen LogP contribution in [0.15, 0.2) is 54.6 Å². The SMILES string of the molecule is C=C(CCCCCCCC)C(=O)O[C@H]1C[C@@H](O)[C@H](CC[C@@H](O)CCc2ccccc2)[C@H]1C/C=C\CCCC(=O)OCC. The molecule has 6 nitrogen and oxygen atoms in total. The lowest BCUT2D eigenvalue weighted by molar-refractivity contribution is -0.146. The maximum atomic E-state index is 12.9. The summed E-state index contributed by atoms with van der Waals surface area (Å²) in [4.78, 5) is 24.5. The molecule has 236 valence electrons. The lowest BCUT2D eigenvalue weighted by atomic mass is 9.85. The summed E-state index contributed by atoms with van der Waals surface area (Å²) in [6.45, 7) is 8.40. The molecule has 0 bridgehead atoms. The molecular formula is C36H56O6. The number of hydrogen-bond donors (Lipinski definition) is 2. The van der Waals surface area contributed by atoms with Gasteiger partial charge in [0, 0.05) is 24.3 Å². The molecule has 1 aliphatic rings. The normalized spacial score (nSPS) is 21.0. The van der Waals surface area contributed by atoms with Gasteiger partial charge in [-0.15, -0.1) is 0 Å². The number of aryl methyl sites for hydroxylation is 1. The highest BCUT2D eigenvalue weighted by atomic mass is 16.5. The van der Waals surface area contributed by atoms with Crippen LogP contribution < -0.4 is 0 Å². The molecule has 0 aliphatic heterocycles. The van der Waals surface area contributed by atoms with Crippen molar-refractivity contribution in [3.63, 3.8) is 0 Å². The number of aliphatic hydroxyl groups is 2. The third-order valence-electron chi connectivity index (χ3n) is 8.45. The van der Waals surface area contributed by atoms with Gasteiger partial charge in [-0.25, -0.2) is 4.79 Å². The number of unbranched alkanes of at least 4 members (excludes halogenated alkanes) is 6. The molecule has 1 aromatic carbocycles. The summed E-state index contributed by atoms with van der Waals surface area (Å²) in [6.07, 6.45) is 16.0. The summed E-state index contributed by atoms with van der Waals surface area (Å²) < 4.78 is 11.0. The van der Waals surface area contributed by atoms with Crippen molar-refractivity contribution in [3.05, 3.63) is 60.2 Å². The minimum absolute atomic E-state index is 0.0339. The van der Waals surface area contributed by atoms with Gasteiger partial charge in [0.05, 0.1) is 18.8 Å². The van der Waals surface area contributed by atoms with Crippen LogP contribution in [0.2, 0.25) is 0 Å². The van der Waals surface area contributed by atoms with Gasteiger partial charge < -0.3 is 19.7 Å². The van der Waals surface area contributed by atoms with Crippen LogP contribution in [0.4, 0.5) is 0 Å². The number of allylic oxidation sites excluding steroid dienone is 2. The molecule has 6 heteroatoms. The third-order valence-corrected chi connectivity index (χ3v) is 8.45. The Morgan fingerprint density at radius 3 is 2.45 bits per heavy atom. The Labute approximate surface area is 254 Å². The lowest BCUT2D eigenvalue weighted by Crippen LogP contribution is -2.27. The van der Waals surface area contributed by atoms with Gasteiger partial charge in [0.2, 0.25) is 0 Å². The molecule has 0 radical (unpaired) electrons. The number of hydrogen-bond acceptors (Lipinski definition) is 6. The zero-order chi connectivity index (χ0) is 30.6. The molecular weight excluding hydrogens is 528 g/mol. The predicted octanol–water partition coefficient (Wildman–Crippen LogP) is 7.66. The molecule has 5 atom stereocenters. The Morgan fingerprint density at radius 1 is 0.976 bits per heavy atom. The van der Waals surface area contributed by atoms with Gasteiger partial charge in [0.25, 0.3) is 0 Å². The maximum Gasteiger partial charge on any atom is 0.333 e. The van der Waals surface area contributed by atoms with Gasteiger partial charge in [0.15, 0.2) is 0 Å². The smallest absolute Gasteiger partial charge is 0.333 e. The Hall–Kier alpha value is -2.44. The van der Waals surface area contributed by atoms with Crippen LogP contribution in [-0.4, -0.2) is 47.1 Å². The van der Waals surface area contributed by atoms with E-state index in [0.29, 0.717) is 57.1 Å². The molecule has 0 saturated heterocycles. The number of rotatable bonds is 22. The van der Waals surface area contributed by atoms with Gasteiger partial charge >= 0.3 is 11.9 Å². The molecule has 1 fully saturated rings. The first-order chi connectivity index (χ1) is 20.3. The molecule has 1 aromatic rings. The lowest BCUT2D eigenvalue weighted by Gasteiger charge is -2.25. The molecule has 42 heavy (non-hydrogen) atoms. The average molecular weight is 585 g/mol. The average Bonchev–Trinajstić information content (AvgIpc) is 3.27. The highest BCUT2D eigenvalue weighted by molar-refractivity contribution is 5.87. The number of esters is 2. The van der Waals surface area contributed by atoms with Crippen LogP contribution in [0.3, 0.4) is 0 Å². The van der Waals surface area contributed by atoms with E-state index in [1.807, 2.05) is 18.2 Å². The molecule has 0 aromatic heterocycles. The van der Waals surface area contributed by atoms with Crippen molar-refractivity contribution in [2.24, 2.45) is 11.8 Å². The molecule has 0 amide bonds. The number of benzene rings is 1. The minimum Gasteiger partial charge on any atom is -0.466 e. The molecule has 0 heterocycles. The van der Waals surface area contributed by atoms with Crippen molar-refractivity contribution >= 4 is 11.9 Å². The summed E-state index contributed by atoms with van der Waals surface area (Å²) in [5.74, 6) is -0.629. The van der Waals surface area contributed by atoms with Gasteiger partial charge in [-0.3, -0.25) is 4.79 Å².